The third-order valence-corrected chi connectivity index (χ3v) is 11.9. The summed E-state index contributed by atoms with van der Waals surface area (Å²) in [4.78, 5) is 5.36. The van der Waals surface area contributed by atoms with E-state index in [9.17, 15) is 0 Å². The first-order valence-corrected chi connectivity index (χ1v) is 19.6. The second kappa shape index (κ2) is 12.5. The van der Waals surface area contributed by atoms with Crippen LogP contribution in [0.3, 0.4) is 0 Å². The Labute approximate surface area is 329 Å². The molecular formula is C55H34N2. The van der Waals surface area contributed by atoms with Gasteiger partial charge in [0.2, 0.25) is 0 Å². The molecule has 0 saturated heterocycles. The molecule has 0 spiro atoms. The Hall–Kier alpha value is -7.55. The van der Waals surface area contributed by atoms with Gasteiger partial charge in [0.1, 0.15) is 0 Å². The maximum absolute atomic E-state index is 5.36. The first kappa shape index (κ1) is 31.8. The molecule has 0 saturated carbocycles. The van der Waals surface area contributed by atoms with Crippen LogP contribution in [0.4, 0.5) is 0 Å². The predicted octanol–water partition coefficient (Wildman–Crippen LogP) is 14.9. The number of hydrogen-bond donors (Lipinski definition) is 0. The molecule has 0 amide bonds. The molecular weight excluding hydrogens is 689 g/mol. The summed E-state index contributed by atoms with van der Waals surface area (Å²) >= 11 is 0. The molecule has 264 valence electrons. The molecule has 0 aliphatic heterocycles. The normalized spacial score (nSPS) is 11.9. The van der Waals surface area contributed by atoms with Gasteiger partial charge in [0.05, 0.1) is 22.4 Å². The Bertz CT molecular complexity index is 3480. The third kappa shape index (κ3) is 5.01. The predicted molar refractivity (Wildman–Crippen MR) is 242 cm³/mol. The minimum absolute atomic E-state index is 0.945. The Morgan fingerprint density at radius 2 is 0.825 bits per heavy atom. The van der Waals surface area contributed by atoms with Crippen molar-refractivity contribution in [3.63, 3.8) is 0 Å². The lowest BCUT2D eigenvalue weighted by Crippen LogP contribution is -1.96. The van der Waals surface area contributed by atoms with E-state index in [0.717, 1.165) is 33.8 Å². The lowest BCUT2D eigenvalue weighted by atomic mass is 9.93. The first-order valence-electron chi connectivity index (χ1n) is 19.6. The zero-order valence-electron chi connectivity index (χ0n) is 31.0. The van der Waals surface area contributed by atoms with Crippen LogP contribution < -0.4 is 0 Å². The summed E-state index contributed by atoms with van der Waals surface area (Å²) in [5.41, 5.74) is 9.95. The molecule has 2 heteroatoms. The van der Waals surface area contributed by atoms with Crippen molar-refractivity contribution in [1.82, 2.24) is 9.55 Å². The SMILES string of the molecule is c1ccc2cc(-c3cc(-c4ccc(-n5c6ccccc6c6c7c8ccccc8ccc7c7ccccc7c65)cc4)nc(-c4ccc5ccccc5c4)c3)ccc2c1. The summed E-state index contributed by atoms with van der Waals surface area (Å²) < 4.78 is 2.47. The average molecular weight is 723 g/mol. The van der Waals surface area contributed by atoms with Gasteiger partial charge in [0, 0.05) is 38.4 Å². The zero-order chi connectivity index (χ0) is 37.5. The van der Waals surface area contributed by atoms with Gasteiger partial charge < -0.3 is 4.57 Å². The largest absolute Gasteiger partial charge is 0.309 e. The minimum atomic E-state index is 0.945. The van der Waals surface area contributed by atoms with E-state index in [1.807, 2.05) is 0 Å². The number of para-hydroxylation sites is 1. The fraction of sp³-hybridized carbons (Fsp3) is 0. The molecule has 2 heterocycles. The first-order chi connectivity index (χ1) is 28.2. The Morgan fingerprint density at radius 1 is 0.298 bits per heavy atom. The quantitative estimate of drug-likeness (QED) is 0.165. The minimum Gasteiger partial charge on any atom is -0.309 e. The molecule has 2 nitrogen and oxygen atoms in total. The highest BCUT2D eigenvalue weighted by Gasteiger charge is 2.20. The molecule has 0 bridgehead atoms. The zero-order valence-corrected chi connectivity index (χ0v) is 31.0. The lowest BCUT2D eigenvalue weighted by Gasteiger charge is -2.14. The highest BCUT2D eigenvalue weighted by atomic mass is 15.0. The van der Waals surface area contributed by atoms with Gasteiger partial charge in [-0.1, -0.05) is 164 Å². The molecule has 0 atom stereocenters. The van der Waals surface area contributed by atoms with E-state index in [1.165, 1.54) is 81.2 Å². The van der Waals surface area contributed by atoms with E-state index in [1.54, 1.807) is 0 Å². The molecule has 12 rings (SSSR count). The number of aromatic nitrogens is 2. The second-order valence-electron chi connectivity index (χ2n) is 15.1. The summed E-state index contributed by atoms with van der Waals surface area (Å²) in [6.07, 6.45) is 0. The van der Waals surface area contributed by atoms with Gasteiger partial charge >= 0.3 is 0 Å². The molecule has 10 aromatic carbocycles. The van der Waals surface area contributed by atoms with E-state index in [-0.39, 0.29) is 0 Å². The van der Waals surface area contributed by atoms with Crippen LogP contribution >= 0.6 is 0 Å². The molecule has 0 aliphatic carbocycles. The van der Waals surface area contributed by atoms with Crippen LogP contribution in [0.15, 0.2) is 206 Å². The number of fused-ring (bicyclic) bond motifs is 12. The van der Waals surface area contributed by atoms with Crippen LogP contribution in [0.1, 0.15) is 0 Å². The summed E-state index contributed by atoms with van der Waals surface area (Å²) in [7, 11) is 0. The van der Waals surface area contributed by atoms with Gasteiger partial charge in [-0.25, -0.2) is 4.98 Å². The molecule has 0 N–H and O–H groups in total. The van der Waals surface area contributed by atoms with Gasteiger partial charge in [-0.05, 0) is 96.7 Å². The van der Waals surface area contributed by atoms with Crippen molar-refractivity contribution in [2.75, 3.05) is 0 Å². The highest BCUT2D eigenvalue weighted by molar-refractivity contribution is 6.36. The molecule has 0 unspecified atom stereocenters. The molecule has 0 aliphatic rings. The number of nitrogens with zero attached hydrogens (tertiary/aromatic N) is 2. The fourth-order valence-electron chi connectivity index (χ4n) is 9.20. The van der Waals surface area contributed by atoms with Crippen molar-refractivity contribution in [3.8, 4) is 39.3 Å². The van der Waals surface area contributed by atoms with Crippen molar-refractivity contribution in [1.29, 1.82) is 0 Å². The number of hydrogen-bond acceptors (Lipinski definition) is 1. The van der Waals surface area contributed by atoms with Crippen LogP contribution in [0.2, 0.25) is 0 Å². The Morgan fingerprint density at radius 3 is 1.56 bits per heavy atom. The summed E-state index contributed by atoms with van der Waals surface area (Å²) in [5, 5.41) is 15.1. The summed E-state index contributed by atoms with van der Waals surface area (Å²) in [5.74, 6) is 0. The average Bonchev–Trinajstić information content (AvgIpc) is 3.64. The molecule has 12 aromatic rings. The Kier molecular flexibility index (Phi) is 6.96. The Balaban J connectivity index is 1.07. The van der Waals surface area contributed by atoms with Gasteiger partial charge in [-0.3, -0.25) is 0 Å². The van der Waals surface area contributed by atoms with Gasteiger partial charge in [-0.15, -0.1) is 0 Å². The number of benzene rings is 10. The number of pyridine rings is 1. The lowest BCUT2D eigenvalue weighted by molar-refractivity contribution is 1.19. The van der Waals surface area contributed by atoms with Crippen LogP contribution in [-0.4, -0.2) is 9.55 Å². The monoisotopic (exact) mass is 722 g/mol. The summed E-state index contributed by atoms with van der Waals surface area (Å²) in [6.45, 7) is 0. The highest BCUT2D eigenvalue weighted by Crippen LogP contribution is 2.45. The smallest absolute Gasteiger partial charge is 0.0715 e. The van der Waals surface area contributed by atoms with Crippen LogP contribution in [0, 0.1) is 0 Å². The van der Waals surface area contributed by atoms with Gasteiger partial charge in [-0.2, -0.15) is 0 Å². The maximum Gasteiger partial charge on any atom is 0.0715 e. The topological polar surface area (TPSA) is 17.8 Å². The molecule has 0 radical (unpaired) electrons. The fourth-order valence-corrected chi connectivity index (χ4v) is 9.20. The molecule has 57 heavy (non-hydrogen) atoms. The van der Waals surface area contributed by atoms with Crippen LogP contribution in [-0.2, 0) is 0 Å². The number of rotatable bonds is 4. The van der Waals surface area contributed by atoms with Gasteiger partial charge in [0.25, 0.3) is 0 Å². The third-order valence-electron chi connectivity index (χ3n) is 11.9. The van der Waals surface area contributed by atoms with E-state index in [2.05, 4.69) is 211 Å². The van der Waals surface area contributed by atoms with E-state index in [0.29, 0.717) is 0 Å². The standard InChI is InChI=1S/C55H34N2/c1-3-14-39-31-41(23-21-35(39)11-1)43-33-50(56-51(34-43)42-24-22-36-12-2-4-15-40(36)32-42)38-25-28-44(29-26-38)57-52-20-10-9-19-49(52)54-53-45-16-6-5-13-37(45)27-30-47(53)46-17-7-8-18-48(46)55(54)57/h1-34H. The molecule has 2 aromatic heterocycles. The van der Waals surface area contributed by atoms with Crippen molar-refractivity contribution >= 4 is 75.7 Å². The maximum atomic E-state index is 5.36. The van der Waals surface area contributed by atoms with Crippen molar-refractivity contribution in [2.24, 2.45) is 0 Å². The molecule has 0 fully saturated rings. The van der Waals surface area contributed by atoms with Crippen LogP contribution in [0.25, 0.3) is 115 Å². The summed E-state index contributed by atoms with van der Waals surface area (Å²) in [6, 6.07) is 75.1. The van der Waals surface area contributed by atoms with Crippen molar-refractivity contribution in [3.05, 3.63) is 206 Å². The van der Waals surface area contributed by atoms with E-state index < -0.39 is 0 Å². The van der Waals surface area contributed by atoms with E-state index >= 15 is 0 Å². The second-order valence-corrected chi connectivity index (χ2v) is 15.1. The van der Waals surface area contributed by atoms with Crippen molar-refractivity contribution in [2.45, 2.75) is 0 Å². The van der Waals surface area contributed by atoms with Gasteiger partial charge in [0.15, 0.2) is 0 Å². The van der Waals surface area contributed by atoms with E-state index in [4.69, 9.17) is 4.98 Å². The van der Waals surface area contributed by atoms with Crippen LogP contribution in [0.5, 0.6) is 0 Å². The van der Waals surface area contributed by atoms with Crippen molar-refractivity contribution < 1.29 is 0 Å².